The van der Waals surface area contributed by atoms with Gasteiger partial charge in [0.2, 0.25) is 0 Å². The van der Waals surface area contributed by atoms with Crippen molar-refractivity contribution in [3.05, 3.63) is 29.6 Å². The number of fused-ring (bicyclic) bond motifs is 1. The Balaban J connectivity index is 1.86. The van der Waals surface area contributed by atoms with Gasteiger partial charge < -0.3 is 14.8 Å². The van der Waals surface area contributed by atoms with E-state index in [4.69, 9.17) is 9.47 Å². The van der Waals surface area contributed by atoms with Crippen molar-refractivity contribution in [2.45, 2.75) is 44.4 Å². The second-order valence-corrected chi connectivity index (χ2v) is 5.24. The van der Waals surface area contributed by atoms with E-state index in [1.807, 2.05) is 6.07 Å². The van der Waals surface area contributed by atoms with E-state index in [9.17, 15) is 4.39 Å². The summed E-state index contributed by atoms with van der Waals surface area (Å²) >= 11 is 0. The highest BCUT2D eigenvalue weighted by atomic mass is 19.1. The number of halogens is 1. The van der Waals surface area contributed by atoms with E-state index in [1.54, 1.807) is 0 Å². The molecule has 2 heterocycles. The standard InChI is InChI=1S/C15H20FNO2/c1-2-17-12-9-15(13-4-3-7-18-13)19-14-8-10(16)5-6-11(12)14/h5-6,8,12-13,15,17H,2-4,7,9H2,1H3. The van der Waals surface area contributed by atoms with E-state index in [0.717, 1.165) is 38.0 Å². The maximum Gasteiger partial charge on any atom is 0.127 e. The van der Waals surface area contributed by atoms with Gasteiger partial charge in [-0.25, -0.2) is 4.39 Å². The maximum absolute atomic E-state index is 13.4. The number of ether oxygens (including phenoxy) is 2. The minimum Gasteiger partial charge on any atom is -0.487 e. The molecule has 0 aromatic heterocycles. The molecular formula is C15H20FNO2. The van der Waals surface area contributed by atoms with Gasteiger partial charge in [0.15, 0.2) is 0 Å². The fourth-order valence-corrected chi connectivity index (χ4v) is 3.03. The van der Waals surface area contributed by atoms with Crippen molar-refractivity contribution < 1.29 is 13.9 Å². The smallest absolute Gasteiger partial charge is 0.127 e. The van der Waals surface area contributed by atoms with Gasteiger partial charge in [-0.2, -0.15) is 0 Å². The Bertz CT molecular complexity index is 446. The van der Waals surface area contributed by atoms with Crippen molar-refractivity contribution >= 4 is 0 Å². The van der Waals surface area contributed by atoms with Crippen LogP contribution in [-0.2, 0) is 4.74 Å². The van der Waals surface area contributed by atoms with Gasteiger partial charge >= 0.3 is 0 Å². The van der Waals surface area contributed by atoms with Crippen LogP contribution in [0.1, 0.15) is 37.8 Å². The zero-order chi connectivity index (χ0) is 13.2. The molecule has 0 spiro atoms. The van der Waals surface area contributed by atoms with Crippen LogP contribution in [0.25, 0.3) is 0 Å². The SMILES string of the molecule is CCNC1CC(C2CCCO2)Oc2cc(F)ccc21. The molecule has 2 aliphatic heterocycles. The lowest BCUT2D eigenvalue weighted by Crippen LogP contribution is -2.39. The second-order valence-electron chi connectivity index (χ2n) is 5.24. The number of hydrogen-bond acceptors (Lipinski definition) is 3. The third-order valence-corrected chi connectivity index (χ3v) is 3.93. The van der Waals surface area contributed by atoms with Gasteiger partial charge in [0.05, 0.1) is 6.10 Å². The fourth-order valence-electron chi connectivity index (χ4n) is 3.03. The highest BCUT2D eigenvalue weighted by Gasteiger charge is 2.35. The maximum atomic E-state index is 13.4. The molecule has 3 rings (SSSR count). The molecule has 0 saturated carbocycles. The zero-order valence-corrected chi connectivity index (χ0v) is 11.2. The molecular weight excluding hydrogens is 245 g/mol. The van der Waals surface area contributed by atoms with Gasteiger partial charge in [0.25, 0.3) is 0 Å². The number of rotatable bonds is 3. The Morgan fingerprint density at radius 2 is 2.26 bits per heavy atom. The van der Waals surface area contributed by atoms with E-state index in [-0.39, 0.29) is 24.1 Å². The summed E-state index contributed by atoms with van der Waals surface area (Å²) in [6, 6.07) is 5.03. The summed E-state index contributed by atoms with van der Waals surface area (Å²) in [6.45, 7) is 3.78. The minimum atomic E-state index is -0.248. The lowest BCUT2D eigenvalue weighted by atomic mass is 9.93. The van der Waals surface area contributed by atoms with Crippen LogP contribution >= 0.6 is 0 Å². The van der Waals surface area contributed by atoms with E-state index >= 15 is 0 Å². The first kappa shape index (κ1) is 12.9. The molecule has 0 radical (unpaired) electrons. The van der Waals surface area contributed by atoms with E-state index in [2.05, 4.69) is 12.2 Å². The highest BCUT2D eigenvalue weighted by Crippen LogP contribution is 2.38. The van der Waals surface area contributed by atoms with Crippen LogP contribution in [0, 0.1) is 5.82 Å². The Hall–Kier alpha value is -1.13. The van der Waals surface area contributed by atoms with Crippen LogP contribution < -0.4 is 10.1 Å². The molecule has 1 fully saturated rings. The molecule has 3 atom stereocenters. The van der Waals surface area contributed by atoms with Crippen molar-refractivity contribution in [1.29, 1.82) is 0 Å². The summed E-state index contributed by atoms with van der Waals surface area (Å²) in [6.07, 6.45) is 3.19. The van der Waals surface area contributed by atoms with Crippen molar-refractivity contribution in [1.82, 2.24) is 5.32 Å². The quantitative estimate of drug-likeness (QED) is 0.911. The van der Waals surface area contributed by atoms with Crippen LogP contribution in [0.15, 0.2) is 18.2 Å². The fraction of sp³-hybridized carbons (Fsp3) is 0.600. The molecule has 104 valence electrons. The monoisotopic (exact) mass is 265 g/mol. The predicted molar refractivity (Wildman–Crippen MR) is 70.8 cm³/mol. The molecule has 0 aliphatic carbocycles. The van der Waals surface area contributed by atoms with Crippen LogP contribution in [0.5, 0.6) is 5.75 Å². The molecule has 1 aromatic rings. The number of benzene rings is 1. The van der Waals surface area contributed by atoms with E-state index in [1.165, 1.54) is 12.1 Å². The molecule has 3 nitrogen and oxygen atoms in total. The van der Waals surface area contributed by atoms with Gasteiger partial charge in [-0.1, -0.05) is 13.0 Å². The average Bonchev–Trinajstić information content (AvgIpc) is 2.92. The highest BCUT2D eigenvalue weighted by molar-refractivity contribution is 5.38. The van der Waals surface area contributed by atoms with Crippen molar-refractivity contribution in [3.63, 3.8) is 0 Å². The van der Waals surface area contributed by atoms with Gasteiger partial charge in [0, 0.05) is 30.7 Å². The topological polar surface area (TPSA) is 30.5 Å². The van der Waals surface area contributed by atoms with Crippen LogP contribution in [0.3, 0.4) is 0 Å². The Morgan fingerprint density at radius 3 is 3.00 bits per heavy atom. The first-order valence-corrected chi connectivity index (χ1v) is 7.09. The number of nitrogens with one attached hydrogen (secondary N) is 1. The van der Waals surface area contributed by atoms with Gasteiger partial charge in [-0.15, -0.1) is 0 Å². The van der Waals surface area contributed by atoms with Gasteiger partial charge in [0.1, 0.15) is 17.7 Å². The van der Waals surface area contributed by atoms with Gasteiger partial charge in [-0.05, 0) is 25.5 Å². The summed E-state index contributed by atoms with van der Waals surface area (Å²) in [5.41, 5.74) is 1.05. The Labute approximate surface area is 113 Å². The number of hydrogen-bond donors (Lipinski definition) is 1. The van der Waals surface area contributed by atoms with Crippen molar-refractivity contribution in [2.24, 2.45) is 0 Å². The summed E-state index contributed by atoms with van der Waals surface area (Å²) < 4.78 is 25.1. The Morgan fingerprint density at radius 1 is 1.37 bits per heavy atom. The molecule has 1 saturated heterocycles. The van der Waals surface area contributed by atoms with Crippen LogP contribution in [-0.4, -0.2) is 25.4 Å². The lowest BCUT2D eigenvalue weighted by molar-refractivity contribution is -0.00452. The first-order valence-electron chi connectivity index (χ1n) is 7.09. The summed E-state index contributed by atoms with van der Waals surface area (Å²) in [5.74, 6) is 0.416. The van der Waals surface area contributed by atoms with Gasteiger partial charge in [-0.3, -0.25) is 0 Å². The molecule has 3 unspecified atom stereocenters. The largest absolute Gasteiger partial charge is 0.487 e. The third-order valence-electron chi connectivity index (χ3n) is 3.93. The van der Waals surface area contributed by atoms with Crippen LogP contribution in [0.2, 0.25) is 0 Å². The molecule has 4 heteroatoms. The third kappa shape index (κ3) is 2.60. The molecule has 2 aliphatic rings. The van der Waals surface area contributed by atoms with Crippen molar-refractivity contribution in [2.75, 3.05) is 13.2 Å². The normalized spacial score (nSPS) is 29.9. The molecule has 0 amide bonds. The molecule has 1 N–H and O–H groups in total. The first-order chi connectivity index (χ1) is 9.28. The summed E-state index contributed by atoms with van der Waals surface area (Å²) in [4.78, 5) is 0. The molecule has 1 aromatic carbocycles. The van der Waals surface area contributed by atoms with Crippen LogP contribution in [0.4, 0.5) is 4.39 Å². The molecule has 0 bridgehead atoms. The van der Waals surface area contributed by atoms with E-state index in [0.29, 0.717) is 5.75 Å². The van der Waals surface area contributed by atoms with Crippen molar-refractivity contribution in [3.8, 4) is 5.75 Å². The predicted octanol–water partition coefficient (Wildman–Crippen LogP) is 2.81. The Kier molecular flexibility index (Phi) is 3.71. The minimum absolute atomic E-state index is 0.0286. The second kappa shape index (κ2) is 5.47. The summed E-state index contributed by atoms with van der Waals surface area (Å²) in [5, 5.41) is 3.46. The van der Waals surface area contributed by atoms with E-state index < -0.39 is 0 Å². The lowest BCUT2D eigenvalue weighted by Gasteiger charge is -2.35. The zero-order valence-electron chi connectivity index (χ0n) is 11.2. The summed E-state index contributed by atoms with van der Waals surface area (Å²) in [7, 11) is 0. The average molecular weight is 265 g/mol. The molecule has 19 heavy (non-hydrogen) atoms.